The van der Waals surface area contributed by atoms with Crippen molar-refractivity contribution in [2.75, 3.05) is 18.9 Å². The van der Waals surface area contributed by atoms with Crippen LogP contribution in [-0.4, -0.2) is 25.2 Å². The normalized spacial score (nSPS) is 19.2. The first-order valence-electron chi connectivity index (χ1n) is 6.01. The van der Waals surface area contributed by atoms with Crippen LogP contribution in [0, 0.1) is 0 Å². The van der Waals surface area contributed by atoms with Crippen LogP contribution in [0.5, 0.6) is 0 Å². The molecule has 1 aliphatic rings. The number of hydrogen-bond acceptors (Lipinski definition) is 3. The lowest BCUT2D eigenvalue weighted by Crippen LogP contribution is -2.27. The molecule has 1 amide bonds. The van der Waals surface area contributed by atoms with Crippen LogP contribution in [-0.2, 0) is 4.74 Å². The van der Waals surface area contributed by atoms with Gasteiger partial charge in [0.25, 0.3) is 5.91 Å². The molecule has 4 heteroatoms. The summed E-state index contributed by atoms with van der Waals surface area (Å²) in [6.45, 7) is 1.49. The smallest absolute Gasteiger partial charge is 0.253 e. The second-order valence-corrected chi connectivity index (χ2v) is 4.27. The van der Waals surface area contributed by atoms with Gasteiger partial charge in [0, 0.05) is 18.8 Å². The summed E-state index contributed by atoms with van der Waals surface area (Å²) in [5.41, 5.74) is 6.79. The summed E-state index contributed by atoms with van der Waals surface area (Å²) < 4.78 is 5.49. The summed E-state index contributed by atoms with van der Waals surface area (Å²) in [5.74, 6) is -0.110. The van der Waals surface area contributed by atoms with Crippen LogP contribution in [0.3, 0.4) is 0 Å². The van der Waals surface area contributed by atoms with Gasteiger partial charge in [0.05, 0.1) is 11.7 Å². The maximum atomic E-state index is 11.8. The van der Waals surface area contributed by atoms with Crippen molar-refractivity contribution in [1.82, 2.24) is 5.32 Å². The highest BCUT2D eigenvalue weighted by atomic mass is 16.5. The van der Waals surface area contributed by atoms with Crippen molar-refractivity contribution >= 4 is 11.6 Å². The molecule has 1 unspecified atom stereocenters. The first-order chi connectivity index (χ1) is 8.27. The van der Waals surface area contributed by atoms with E-state index < -0.39 is 0 Å². The van der Waals surface area contributed by atoms with E-state index in [0.717, 1.165) is 25.9 Å². The Morgan fingerprint density at radius 2 is 2.29 bits per heavy atom. The molecule has 92 valence electrons. The number of carbonyl (C=O) groups excluding carboxylic acids is 1. The first kappa shape index (κ1) is 11.9. The van der Waals surface area contributed by atoms with Crippen LogP contribution in [0.2, 0.25) is 0 Å². The molecule has 0 saturated carbocycles. The van der Waals surface area contributed by atoms with Gasteiger partial charge in [-0.25, -0.2) is 0 Å². The third kappa shape index (κ3) is 3.20. The molecule has 1 heterocycles. The van der Waals surface area contributed by atoms with Gasteiger partial charge >= 0.3 is 0 Å². The van der Waals surface area contributed by atoms with E-state index >= 15 is 0 Å². The molecule has 0 spiro atoms. The van der Waals surface area contributed by atoms with Gasteiger partial charge in [-0.3, -0.25) is 4.79 Å². The fourth-order valence-corrected chi connectivity index (χ4v) is 2.02. The van der Waals surface area contributed by atoms with Gasteiger partial charge in [0.1, 0.15) is 0 Å². The predicted octanol–water partition coefficient (Wildman–Crippen LogP) is 1.57. The van der Waals surface area contributed by atoms with E-state index in [2.05, 4.69) is 5.32 Å². The molecule has 4 nitrogen and oxygen atoms in total. The van der Waals surface area contributed by atoms with Crippen LogP contribution in [0.4, 0.5) is 5.69 Å². The zero-order chi connectivity index (χ0) is 12.1. The highest BCUT2D eigenvalue weighted by Crippen LogP contribution is 2.15. The molecule has 1 fully saturated rings. The minimum Gasteiger partial charge on any atom is -0.398 e. The van der Waals surface area contributed by atoms with Crippen molar-refractivity contribution in [2.45, 2.75) is 25.4 Å². The summed E-state index contributed by atoms with van der Waals surface area (Å²) in [7, 11) is 0. The summed E-state index contributed by atoms with van der Waals surface area (Å²) in [6.07, 6.45) is 3.41. The highest BCUT2D eigenvalue weighted by molar-refractivity contribution is 5.98. The number of ether oxygens (including phenoxy) is 1. The van der Waals surface area contributed by atoms with E-state index in [-0.39, 0.29) is 5.91 Å². The number of nitrogen functional groups attached to an aromatic ring is 1. The van der Waals surface area contributed by atoms with Gasteiger partial charge in [-0.05, 0) is 31.4 Å². The SMILES string of the molecule is Nc1ccccc1C(=O)NCCC1CCCO1. The summed E-state index contributed by atoms with van der Waals surface area (Å²) in [6, 6.07) is 7.09. The molecule has 0 aromatic heterocycles. The number of benzene rings is 1. The van der Waals surface area contributed by atoms with Crippen molar-refractivity contribution in [2.24, 2.45) is 0 Å². The molecule has 1 atom stereocenters. The number of anilines is 1. The number of amides is 1. The summed E-state index contributed by atoms with van der Waals surface area (Å²) in [4.78, 5) is 11.8. The van der Waals surface area contributed by atoms with Crippen molar-refractivity contribution in [1.29, 1.82) is 0 Å². The lowest BCUT2D eigenvalue weighted by atomic mass is 10.1. The predicted molar refractivity (Wildman–Crippen MR) is 66.8 cm³/mol. The third-order valence-corrected chi connectivity index (χ3v) is 2.98. The lowest BCUT2D eigenvalue weighted by molar-refractivity contribution is 0.0908. The van der Waals surface area contributed by atoms with E-state index in [1.165, 1.54) is 0 Å². The standard InChI is InChI=1S/C13H18N2O2/c14-12-6-2-1-5-11(12)13(16)15-8-7-10-4-3-9-17-10/h1-2,5-6,10H,3-4,7-9,14H2,(H,15,16). The quantitative estimate of drug-likeness (QED) is 0.777. The topological polar surface area (TPSA) is 64.4 Å². The van der Waals surface area contributed by atoms with Crippen molar-refractivity contribution in [3.05, 3.63) is 29.8 Å². The van der Waals surface area contributed by atoms with E-state index in [4.69, 9.17) is 10.5 Å². The van der Waals surface area contributed by atoms with Crippen molar-refractivity contribution < 1.29 is 9.53 Å². The second kappa shape index (κ2) is 5.68. The summed E-state index contributed by atoms with van der Waals surface area (Å²) in [5, 5.41) is 2.87. The Bertz CT molecular complexity index is 387. The number of rotatable bonds is 4. The summed E-state index contributed by atoms with van der Waals surface area (Å²) >= 11 is 0. The first-order valence-corrected chi connectivity index (χ1v) is 6.01. The molecule has 1 aromatic carbocycles. The van der Waals surface area contributed by atoms with Crippen LogP contribution in [0.1, 0.15) is 29.6 Å². The molecule has 1 aliphatic heterocycles. The molecule has 1 aromatic rings. The molecule has 3 N–H and O–H groups in total. The Morgan fingerprint density at radius 3 is 3.00 bits per heavy atom. The maximum absolute atomic E-state index is 11.8. The minimum absolute atomic E-state index is 0.110. The van der Waals surface area contributed by atoms with Gasteiger partial charge < -0.3 is 15.8 Å². The molecule has 17 heavy (non-hydrogen) atoms. The molecule has 0 bridgehead atoms. The Hall–Kier alpha value is -1.55. The average Bonchev–Trinajstić information content (AvgIpc) is 2.82. The van der Waals surface area contributed by atoms with Crippen LogP contribution < -0.4 is 11.1 Å². The Morgan fingerprint density at radius 1 is 1.47 bits per heavy atom. The van der Waals surface area contributed by atoms with Crippen LogP contribution in [0.15, 0.2) is 24.3 Å². The van der Waals surface area contributed by atoms with Crippen LogP contribution in [0.25, 0.3) is 0 Å². The molecular weight excluding hydrogens is 216 g/mol. The largest absolute Gasteiger partial charge is 0.398 e. The van der Waals surface area contributed by atoms with Gasteiger partial charge in [-0.1, -0.05) is 12.1 Å². The van der Waals surface area contributed by atoms with Gasteiger partial charge in [-0.2, -0.15) is 0 Å². The Labute approximate surface area is 101 Å². The second-order valence-electron chi connectivity index (χ2n) is 4.27. The Balaban J connectivity index is 1.79. The van der Waals surface area contributed by atoms with Crippen molar-refractivity contribution in [3.8, 4) is 0 Å². The van der Waals surface area contributed by atoms with E-state index in [9.17, 15) is 4.79 Å². The fourth-order valence-electron chi connectivity index (χ4n) is 2.02. The third-order valence-electron chi connectivity index (χ3n) is 2.98. The van der Waals surface area contributed by atoms with E-state index in [0.29, 0.717) is 23.9 Å². The highest BCUT2D eigenvalue weighted by Gasteiger charge is 2.15. The fraction of sp³-hybridized carbons (Fsp3) is 0.462. The minimum atomic E-state index is -0.110. The lowest BCUT2D eigenvalue weighted by Gasteiger charge is -2.10. The molecular formula is C13H18N2O2. The number of nitrogens with one attached hydrogen (secondary N) is 1. The van der Waals surface area contributed by atoms with Gasteiger partial charge in [-0.15, -0.1) is 0 Å². The number of carbonyl (C=O) groups is 1. The molecule has 1 saturated heterocycles. The van der Waals surface area contributed by atoms with Crippen LogP contribution >= 0.6 is 0 Å². The average molecular weight is 234 g/mol. The Kier molecular flexibility index (Phi) is 3.98. The number of hydrogen-bond donors (Lipinski definition) is 2. The zero-order valence-electron chi connectivity index (χ0n) is 9.82. The van der Waals surface area contributed by atoms with Crippen molar-refractivity contribution in [3.63, 3.8) is 0 Å². The van der Waals surface area contributed by atoms with Gasteiger partial charge in [0.15, 0.2) is 0 Å². The number of nitrogens with two attached hydrogens (primary N) is 1. The molecule has 0 aliphatic carbocycles. The van der Waals surface area contributed by atoms with E-state index in [1.807, 2.05) is 12.1 Å². The maximum Gasteiger partial charge on any atom is 0.253 e. The zero-order valence-corrected chi connectivity index (χ0v) is 9.82. The van der Waals surface area contributed by atoms with Gasteiger partial charge in [0.2, 0.25) is 0 Å². The monoisotopic (exact) mass is 234 g/mol. The number of para-hydroxylation sites is 1. The van der Waals surface area contributed by atoms with E-state index in [1.54, 1.807) is 12.1 Å². The molecule has 2 rings (SSSR count). The molecule has 0 radical (unpaired) electrons.